The Kier molecular flexibility index (Phi) is 8.50. The lowest BCUT2D eigenvalue weighted by atomic mass is 9.84. The van der Waals surface area contributed by atoms with Crippen molar-refractivity contribution in [1.82, 2.24) is 10.2 Å². The quantitative estimate of drug-likeness (QED) is 0.489. The van der Waals surface area contributed by atoms with Gasteiger partial charge in [0.1, 0.15) is 17.7 Å². The topological polar surface area (TPSA) is 41.6 Å². The number of carbonyl (C=O) groups excluding carboxylic acids is 1. The van der Waals surface area contributed by atoms with Crippen LogP contribution in [0, 0.1) is 11.7 Å². The first kappa shape index (κ1) is 24.3. The number of halogens is 3. The van der Waals surface area contributed by atoms with Gasteiger partial charge in [0.15, 0.2) is 0 Å². The minimum absolute atomic E-state index is 0.0119. The highest BCUT2D eigenvalue weighted by atomic mass is 35.5. The SMILES string of the molecule is O=C(N[C@H]1CC[C@H](CCN2CCC(Oc3ccc(F)cc3Cl)CC2)CC1)c1ccc(Cl)cc1. The molecule has 0 unspecified atom stereocenters. The molecule has 1 saturated carbocycles. The molecule has 2 aliphatic rings. The van der Waals surface area contributed by atoms with Crippen LogP contribution in [0.2, 0.25) is 10.0 Å². The molecule has 4 nitrogen and oxygen atoms in total. The largest absolute Gasteiger partial charge is 0.489 e. The van der Waals surface area contributed by atoms with Crippen molar-refractivity contribution in [3.05, 3.63) is 63.9 Å². The number of benzene rings is 2. The number of rotatable bonds is 7. The van der Waals surface area contributed by atoms with Crippen LogP contribution in [-0.4, -0.2) is 42.6 Å². The van der Waals surface area contributed by atoms with Crippen LogP contribution in [0.25, 0.3) is 0 Å². The lowest BCUT2D eigenvalue weighted by Crippen LogP contribution is -2.40. The van der Waals surface area contributed by atoms with E-state index in [0.717, 1.165) is 64.1 Å². The van der Waals surface area contributed by atoms with Gasteiger partial charge in [-0.25, -0.2) is 4.39 Å². The van der Waals surface area contributed by atoms with E-state index in [9.17, 15) is 9.18 Å². The molecule has 0 bridgehead atoms. The van der Waals surface area contributed by atoms with E-state index in [2.05, 4.69) is 10.2 Å². The maximum atomic E-state index is 13.2. The van der Waals surface area contributed by atoms with E-state index in [1.807, 2.05) is 0 Å². The van der Waals surface area contributed by atoms with E-state index in [0.29, 0.717) is 21.4 Å². The Morgan fingerprint density at radius 3 is 2.36 bits per heavy atom. The summed E-state index contributed by atoms with van der Waals surface area (Å²) in [6, 6.07) is 11.6. The van der Waals surface area contributed by atoms with Gasteiger partial charge in [-0.2, -0.15) is 0 Å². The minimum atomic E-state index is -0.347. The lowest BCUT2D eigenvalue weighted by Gasteiger charge is -2.34. The average molecular weight is 493 g/mol. The molecule has 2 aromatic carbocycles. The number of amides is 1. The van der Waals surface area contributed by atoms with Gasteiger partial charge in [0.2, 0.25) is 0 Å². The molecule has 2 fully saturated rings. The minimum Gasteiger partial charge on any atom is -0.489 e. The highest BCUT2D eigenvalue weighted by Crippen LogP contribution is 2.30. The summed E-state index contributed by atoms with van der Waals surface area (Å²) < 4.78 is 19.2. The third-order valence-corrected chi connectivity index (χ3v) is 7.41. The van der Waals surface area contributed by atoms with E-state index in [4.69, 9.17) is 27.9 Å². The third kappa shape index (κ3) is 7.08. The number of carbonyl (C=O) groups is 1. The van der Waals surface area contributed by atoms with E-state index in [1.165, 1.54) is 18.6 Å². The Labute approximate surface area is 205 Å². The number of likely N-dealkylation sites (tertiary alicyclic amines) is 1. The normalized spacial score (nSPS) is 22.2. The molecule has 4 rings (SSSR count). The maximum absolute atomic E-state index is 13.2. The van der Waals surface area contributed by atoms with Crippen LogP contribution < -0.4 is 10.1 Å². The molecule has 1 N–H and O–H groups in total. The van der Waals surface area contributed by atoms with Crippen LogP contribution in [0.5, 0.6) is 5.75 Å². The highest BCUT2D eigenvalue weighted by molar-refractivity contribution is 6.32. The van der Waals surface area contributed by atoms with E-state index >= 15 is 0 Å². The molecule has 0 spiro atoms. The number of ether oxygens (including phenoxy) is 1. The third-order valence-electron chi connectivity index (χ3n) is 6.86. The summed E-state index contributed by atoms with van der Waals surface area (Å²) >= 11 is 12.0. The van der Waals surface area contributed by atoms with Crippen LogP contribution in [0.4, 0.5) is 4.39 Å². The van der Waals surface area contributed by atoms with Crippen molar-refractivity contribution in [2.45, 2.75) is 57.1 Å². The van der Waals surface area contributed by atoms with Crippen molar-refractivity contribution >= 4 is 29.1 Å². The summed E-state index contributed by atoms with van der Waals surface area (Å²) in [4.78, 5) is 14.9. The summed E-state index contributed by atoms with van der Waals surface area (Å²) in [6.07, 6.45) is 7.64. The first-order valence-corrected chi connectivity index (χ1v) is 12.6. The van der Waals surface area contributed by atoms with Gasteiger partial charge in [-0.05, 0) is 99.9 Å². The summed E-state index contributed by atoms with van der Waals surface area (Å²) in [6.45, 7) is 3.13. The van der Waals surface area contributed by atoms with Crippen LogP contribution in [-0.2, 0) is 0 Å². The zero-order valence-corrected chi connectivity index (χ0v) is 20.3. The first-order chi connectivity index (χ1) is 16.0. The summed E-state index contributed by atoms with van der Waals surface area (Å²) in [7, 11) is 0. The van der Waals surface area contributed by atoms with Crippen molar-refractivity contribution in [2.75, 3.05) is 19.6 Å². The summed E-state index contributed by atoms with van der Waals surface area (Å²) in [5, 5.41) is 4.15. The second kappa shape index (κ2) is 11.5. The number of piperidine rings is 1. The van der Waals surface area contributed by atoms with Crippen molar-refractivity contribution in [3.8, 4) is 5.75 Å². The lowest BCUT2D eigenvalue weighted by molar-refractivity contribution is 0.0897. The zero-order valence-electron chi connectivity index (χ0n) is 18.7. The molecule has 178 valence electrons. The van der Waals surface area contributed by atoms with Crippen LogP contribution in [0.3, 0.4) is 0 Å². The van der Waals surface area contributed by atoms with Gasteiger partial charge in [-0.3, -0.25) is 4.79 Å². The zero-order chi connectivity index (χ0) is 23.2. The van der Waals surface area contributed by atoms with Crippen molar-refractivity contribution in [1.29, 1.82) is 0 Å². The Morgan fingerprint density at radius 1 is 1.00 bits per heavy atom. The average Bonchev–Trinajstić information content (AvgIpc) is 2.82. The Bertz CT molecular complexity index is 924. The van der Waals surface area contributed by atoms with Gasteiger partial charge in [0, 0.05) is 29.7 Å². The number of hydrogen-bond acceptors (Lipinski definition) is 3. The fourth-order valence-electron chi connectivity index (χ4n) is 4.83. The Morgan fingerprint density at radius 2 is 1.70 bits per heavy atom. The fourth-order valence-corrected chi connectivity index (χ4v) is 5.17. The molecule has 1 aliphatic carbocycles. The van der Waals surface area contributed by atoms with Gasteiger partial charge in [0.05, 0.1) is 5.02 Å². The molecule has 0 aromatic heterocycles. The van der Waals surface area contributed by atoms with Gasteiger partial charge < -0.3 is 15.0 Å². The second-order valence-corrected chi connectivity index (χ2v) is 10.1. The molecule has 1 aliphatic heterocycles. The molecule has 2 aromatic rings. The van der Waals surface area contributed by atoms with Crippen molar-refractivity contribution < 1.29 is 13.9 Å². The number of nitrogens with zero attached hydrogens (tertiary/aromatic N) is 1. The number of hydrogen-bond donors (Lipinski definition) is 1. The molecular weight excluding hydrogens is 462 g/mol. The predicted octanol–water partition coefficient (Wildman–Crippen LogP) is 6.35. The van der Waals surface area contributed by atoms with E-state index in [-0.39, 0.29) is 23.9 Å². The second-order valence-electron chi connectivity index (χ2n) is 9.22. The molecule has 1 saturated heterocycles. The van der Waals surface area contributed by atoms with E-state index in [1.54, 1.807) is 30.3 Å². The fraction of sp³-hybridized carbons (Fsp3) is 0.500. The van der Waals surface area contributed by atoms with Crippen molar-refractivity contribution in [3.63, 3.8) is 0 Å². The summed E-state index contributed by atoms with van der Waals surface area (Å²) in [5.74, 6) is 0.930. The van der Waals surface area contributed by atoms with Gasteiger partial charge in [-0.15, -0.1) is 0 Å². The monoisotopic (exact) mass is 492 g/mol. The van der Waals surface area contributed by atoms with E-state index < -0.39 is 0 Å². The predicted molar refractivity (Wildman–Crippen MR) is 131 cm³/mol. The maximum Gasteiger partial charge on any atom is 0.251 e. The van der Waals surface area contributed by atoms with Gasteiger partial charge >= 0.3 is 0 Å². The van der Waals surface area contributed by atoms with Crippen LogP contribution >= 0.6 is 23.2 Å². The Balaban J connectivity index is 1.12. The molecule has 1 heterocycles. The number of nitrogens with one attached hydrogen (secondary N) is 1. The molecular formula is C26H31Cl2FN2O2. The molecule has 1 amide bonds. The highest BCUT2D eigenvalue weighted by Gasteiger charge is 2.25. The van der Waals surface area contributed by atoms with Gasteiger partial charge in [0.25, 0.3) is 5.91 Å². The van der Waals surface area contributed by atoms with Crippen LogP contribution in [0.15, 0.2) is 42.5 Å². The molecule has 33 heavy (non-hydrogen) atoms. The molecule has 0 radical (unpaired) electrons. The molecule has 0 atom stereocenters. The van der Waals surface area contributed by atoms with Crippen LogP contribution in [0.1, 0.15) is 55.3 Å². The van der Waals surface area contributed by atoms with Crippen molar-refractivity contribution in [2.24, 2.45) is 5.92 Å². The smallest absolute Gasteiger partial charge is 0.251 e. The first-order valence-electron chi connectivity index (χ1n) is 11.9. The summed E-state index contributed by atoms with van der Waals surface area (Å²) in [5.41, 5.74) is 0.663. The standard InChI is InChI=1S/C26H31Cl2FN2O2/c27-20-5-3-19(4-6-20)26(32)30-22-8-1-18(2-9-22)11-14-31-15-12-23(13-16-31)33-25-10-7-21(29)17-24(25)28/h3-7,10,17-18,22-23H,1-2,8-9,11-16H2,(H,30,32)/t18-,22-. The molecule has 7 heteroatoms. The Hall–Kier alpha value is -1.82. The van der Waals surface area contributed by atoms with Gasteiger partial charge in [-0.1, -0.05) is 23.2 Å².